The summed E-state index contributed by atoms with van der Waals surface area (Å²) in [6, 6.07) is 7.59. The van der Waals surface area contributed by atoms with Crippen molar-refractivity contribution in [1.29, 1.82) is 0 Å². The second kappa shape index (κ2) is 7.43. The minimum atomic E-state index is 0.699. The van der Waals surface area contributed by atoms with Crippen molar-refractivity contribution < 1.29 is 4.42 Å². The number of halogens is 1. The third-order valence-corrected chi connectivity index (χ3v) is 3.27. The molecule has 0 atom stereocenters. The maximum Gasteiger partial charge on any atom is 0.209 e. The molecule has 0 amide bonds. The van der Waals surface area contributed by atoms with Gasteiger partial charge in [-0.25, -0.2) is 4.98 Å². The van der Waals surface area contributed by atoms with E-state index in [0.717, 1.165) is 36.7 Å². The van der Waals surface area contributed by atoms with Crippen molar-refractivity contribution in [3.8, 4) is 11.3 Å². The lowest BCUT2D eigenvalue weighted by molar-refractivity contribution is 0.286. The predicted molar refractivity (Wildman–Crippen MR) is 81.8 cm³/mol. The number of aromatic nitrogens is 1. The van der Waals surface area contributed by atoms with Crippen molar-refractivity contribution >= 4 is 11.6 Å². The molecule has 20 heavy (non-hydrogen) atoms. The number of benzene rings is 1. The van der Waals surface area contributed by atoms with Crippen LogP contribution in [0.5, 0.6) is 0 Å². The molecule has 0 aliphatic heterocycles. The molecule has 0 radical (unpaired) electrons. The van der Waals surface area contributed by atoms with Gasteiger partial charge < -0.3 is 9.73 Å². The van der Waals surface area contributed by atoms with Crippen LogP contribution in [0, 0.1) is 0 Å². The Hall–Kier alpha value is -1.36. The van der Waals surface area contributed by atoms with Gasteiger partial charge in [-0.05, 0) is 45.7 Å². The number of nitrogens with zero attached hydrogens (tertiary/aromatic N) is 2. The van der Waals surface area contributed by atoms with Crippen LogP contribution in [0.4, 0.5) is 0 Å². The van der Waals surface area contributed by atoms with Crippen LogP contribution in [-0.2, 0) is 6.54 Å². The van der Waals surface area contributed by atoms with Crippen LogP contribution in [-0.4, -0.2) is 37.1 Å². The number of hydrogen-bond donors (Lipinski definition) is 1. The Bertz CT molecular complexity index is 541. The zero-order chi connectivity index (χ0) is 14.4. The summed E-state index contributed by atoms with van der Waals surface area (Å²) in [5.41, 5.74) is 0.953. The molecule has 0 fully saturated rings. The van der Waals surface area contributed by atoms with Crippen molar-refractivity contribution in [2.45, 2.75) is 13.0 Å². The maximum atomic E-state index is 5.98. The van der Waals surface area contributed by atoms with Gasteiger partial charge in [0.2, 0.25) is 5.89 Å². The third-order valence-electron chi connectivity index (χ3n) is 3.03. The first kappa shape index (κ1) is 15.0. The number of hydrogen-bond acceptors (Lipinski definition) is 4. The van der Waals surface area contributed by atoms with E-state index >= 15 is 0 Å². The molecule has 1 aromatic carbocycles. The Kier molecular flexibility index (Phi) is 5.59. The number of rotatable bonds is 7. The van der Waals surface area contributed by atoms with E-state index in [4.69, 9.17) is 16.0 Å². The summed E-state index contributed by atoms with van der Waals surface area (Å²) in [4.78, 5) is 6.52. The first-order chi connectivity index (χ1) is 9.69. The van der Waals surface area contributed by atoms with Crippen molar-refractivity contribution in [1.82, 2.24) is 15.2 Å². The fraction of sp³-hybridized carbons (Fsp3) is 0.400. The molecular formula is C15H20ClN3O. The summed E-state index contributed by atoms with van der Waals surface area (Å²) in [6.45, 7) is 2.74. The van der Waals surface area contributed by atoms with E-state index in [1.807, 2.05) is 31.3 Å². The van der Waals surface area contributed by atoms with E-state index in [-0.39, 0.29) is 0 Å². The Morgan fingerprint density at radius 2 is 2.25 bits per heavy atom. The van der Waals surface area contributed by atoms with Crippen molar-refractivity contribution in [2.75, 3.05) is 27.2 Å². The fourth-order valence-corrected chi connectivity index (χ4v) is 2.18. The van der Waals surface area contributed by atoms with Crippen LogP contribution in [0.1, 0.15) is 12.3 Å². The van der Waals surface area contributed by atoms with Gasteiger partial charge in [0.25, 0.3) is 0 Å². The van der Waals surface area contributed by atoms with E-state index in [9.17, 15) is 0 Å². The lowest BCUT2D eigenvalue weighted by atomic mass is 10.2. The maximum absolute atomic E-state index is 5.98. The van der Waals surface area contributed by atoms with E-state index in [0.29, 0.717) is 11.6 Å². The second-order valence-corrected chi connectivity index (χ2v) is 5.26. The second-order valence-electron chi connectivity index (χ2n) is 4.82. The molecule has 0 saturated heterocycles. The summed E-state index contributed by atoms with van der Waals surface area (Å²) in [5, 5.41) is 3.84. The van der Waals surface area contributed by atoms with Gasteiger partial charge in [0.1, 0.15) is 0 Å². The Balaban J connectivity index is 1.95. The Labute approximate surface area is 124 Å². The standard InChI is InChI=1S/C15H20ClN3O/c1-17-7-4-8-19(2)11-15-18-10-14(20-15)12-5-3-6-13(16)9-12/h3,5-6,9-10,17H,4,7-8,11H2,1-2H3. The van der Waals surface area contributed by atoms with E-state index < -0.39 is 0 Å². The minimum Gasteiger partial charge on any atom is -0.439 e. The van der Waals surface area contributed by atoms with Gasteiger partial charge in [-0.2, -0.15) is 0 Å². The normalized spacial score (nSPS) is 11.2. The zero-order valence-electron chi connectivity index (χ0n) is 11.9. The Morgan fingerprint density at radius 3 is 3.00 bits per heavy atom. The van der Waals surface area contributed by atoms with Crippen LogP contribution in [0.3, 0.4) is 0 Å². The third kappa shape index (κ3) is 4.34. The monoisotopic (exact) mass is 293 g/mol. The molecule has 0 aliphatic rings. The molecule has 2 aromatic rings. The highest BCUT2D eigenvalue weighted by Crippen LogP contribution is 2.23. The van der Waals surface area contributed by atoms with Gasteiger partial charge >= 0.3 is 0 Å². The van der Waals surface area contributed by atoms with Gasteiger partial charge in [0.15, 0.2) is 5.76 Å². The molecule has 108 valence electrons. The molecule has 0 spiro atoms. The van der Waals surface area contributed by atoms with Crippen LogP contribution < -0.4 is 5.32 Å². The van der Waals surface area contributed by atoms with Crippen molar-refractivity contribution in [3.63, 3.8) is 0 Å². The molecule has 2 rings (SSSR count). The molecule has 5 heteroatoms. The molecule has 0 saturated carbocycles. The largest absolute Gasteiger partial charge is 0.439 e. The molecular weight excluding hydrogens is 274 g/mol. The molecule has 4 nitrogen and oxygen atoms in total. The highest BCUT2D eigenvalue weighted by Gasteiger charge is 2.09. The van der Waals surface area contributed by atoms with Crippen LogP contribution in [0.25, 0.3) is 11.3 Å². The smallest absolute Gasteiger partial charge is 0.209 e. The average molecular weight is 294 g/mol. The van der Waals surface area contributed by atoms with Gasteiger partial charge in [-0.1, -0.05) is 23.7 Å². The van der Waals surface area contributed by atoms with Crippen LogP contribution >= 0.6 is 11.6 Å². The molecule has 1 heterocycles. The lowest BCUT2D eigenvalue weighted by Crippen LogP contribution is -2.22. The van der Waals surface area contributed by atoms with Crippen LogP contribution in [0.2, 0.25) is 5.02 Å². The van der Waals surface area contributed by atoms with E-state index in [1.165, 1.54) is 0 Å². The fourth-order valence-electron chi connectivity index (χ4n) is 1.99. The van der Waals surface area contributed by atoms with E-state index in [1.54, 1.807) is 6.20 Å². The summed E-state index contributed by atoms with van der Waals surface area (Å²) in [5.74, 6) is 1.48. The topological polar surface area (TPSA) is 41.3 Å². The van der Waals surface area contributed by atoms with Gasteiger partial charge in [0, 0.05) is 10.6 Å². The van der Waals surface area contributed by atoms with Crippen molar-refractivity contribution in [3.05, 3.63) is 41.4 Å². The van der Waals surface area contributed by atoms with Gasteiger partial charge in [0.05, 0.1) is 12.7 Å². The number of oxazole rings is 1. The highest BCUT2D eigenvalue weighted by molar-refractivity contribution is 6.30. The average Bonchev–Trinajstić information content (AvgIpc) is 2.87. The Morgan fingerprint density at radius 1 is 1.40 bits per heavy atom. The van der Waals surface area contributed by atoms with E-state index in [2.05, 4.69) is 22.2 Å². The summed E-state index contributed by atoms with van der Waals surface area (Å²) in [7, 11) is 4.03. The lowest BCUT2D eigenvalue weighted by Gasteiger charge is -2.13. The van der Waals surface area contributed by atoms with Crippen LogP contribution in [0.15, 0.2) is 34.9 Å². The summed E-state index contributed by atoms with van der Waals surface area (Å²) in [6.07, 6.45) is 2.86. The molecule has 0 bridgehead atoms. The number of nitrogens with one attached hydrogen (secondary N) is 1. The molecule has 0 unspecified atom stereocenters. The molecule has 0 aliphatic carbocycles. The molecule has 1 N–H and O–H groups in total. The van der Waals surface area contributed by atoms with Gasteiger partial charge in [-0.15, -0.1) is 0 Å². The quantitative estimate of drug-likeness (QED) is 0.797. The van der Waals surface area contributed by atoms with Gasteiger partial charge in [-0.3, -0.25) is 4.90 Å². The first-order valence-corrected chi connectivity index (χ1v) is 7.10. The minimum absolute atomic E-state index is 0.699. The summed E-state index contributed by atoms with van der Waals surface area (Å²) < 4.78 is 5.77. The summed E-state index contributed by atoms with van der Waals surface area (Å²) >= 11 is 5.98. The first-order valence-electron chi connectivity index (χ1n) is 6.73. The van der Waals surface area contributed by atoms with Crippen molar-refractivity contribution in [2.24, 2.45) is 0 Å². The zero-order valence-corrected chi connectivity index (χ0v) is 12.7. The SMILES string of the molecule is CNCCCN(C)Cc1ncc(-c2cccc(Cl)c2)o1. The molecule has 1 aromatic heterocycles. The highest BCUT2D eigenvalue weighted by atomic mass is 35.5. The predicted octanol–water partition coefficient (Wildman–Crippen LogP) is 3.04.